The van der Waals surface area contributed by atoms with Crippen LogP contribution in [-0.4, -0.2) is 16.9 Å². The Hall–Kier alpha value is 0.340. The minimum atomic E-state index is -0.939. The summed E-state index contributed by atoms with van der Waals surface area (Å²) in [6.07, 6.45) is 0. The molecule has 0 saturated carbocycles. The average molecular weight is 177 g/mol. The summed E-state index contributed by atoms with van der Waals surface area (Å²) in [6, 6.07) is 0. The SMILES string of the molecule is O=C(Cl)OC(Cl)CCl. The minimum Gasteiger partial charge on any atom is -0.433 e. The zero-order chi connectivity index (χ0) is 6.57. The maximum Gasteiger partial charge on any atom is 0.405 e. The van der Waals surface area contributed by atoms with Gasteiger partial charge in [0.15, 0.2) is 5.56 Å². The van der Waals surface area contributed by atoms with Gasteiger partial charge in [-0.2, -0.15) is 0 Å². The van der Waals surface area contributed by atoms with E-state index in [9.17, 15) is 4.79 Å². The Morgan fingerprint density at radius 1 is 1.75 bits per heavy atom. The third-order valence-electron chi connectivity index (χ3n) is 0.342. The van der Waals surface area contributed by atoms with E-state index >= 15 is 0 Å². The molecule has 1 atom stereocenters. The number of hydrogen-bond acceptors (Lipinski definition) is 2. The quantitative estimate of drug-likeness (QED) is 0.477. The van der Waals surface area contributed by atoms with Crippen LogP contribution in [0.3, 0.4) is 0 Å². The van der Waals surface area contributed by atoms with Gasteiger partial charge in [-0.3, -0.25) is 0 Å². The van der Waals surface area contributed by atoms with Crippen molar-refractivity contribution in [3.8, 4) is 0 Å². The Kier molecular flexibility index (Phi) is 4.42. The molecule has 0 spiro atoms. The first-order valence-corrected chi connectivity index (χ1v) is 3.08. The van der Waals surface area contributed by atoms with Crippen molar-refractivity contribution in [1.82, 2.24) is 0 Å². The third-order valence-corrected chi connectivity index (χ3v) is 1.11. The highest BCUT2D eigenvalue weighted by atomic mass is 35.5. The van der Waals surface area contributed by atoms with Crippen LogP contribution in [0.1, 0.15) is 0 Å². The molecule has 0 aliphatic carbocycles. The number of hydrogen-bond donors (Lipinski definition) is 0. The Morgan fingerprint density at radius 2 is 2.25 bits per heavy atom. The number of carbonyl (C=O) groups excluding carboxylic acids is 1. The summed E-state index contributed by atoms with van der Waals surface area (Å²) < 4.78 is 4.16. The molecule has 1 unspecified atom stereocenters. The first kappa shape index (κ1) is 8.34. The van der Waals surface area contributed by atoms with Crippen molar-refractivity contribution in [2.45, 2.75) is 5.56 Å². The van der Waals surface area contributed by atoms with Crippen molar-refractivity contribution < 1.29 is 9.53 Å². The number of ether oxygens (including phenoxy) is 1. The summed E-state index contributed by atoms with van der Waals surface area (Å²) in [5, 5.41) is 0. The first-order chi connectivity index (χ1) is 3.66. The van der Waals surface area contributed by atoms with Crippen molar-refractivity contribution in [3.05, 3.63) is 0 Å². The highest BCUT2D eigenvalue weighted by Gasteiger charge is 2.05. The van der Waals surface area contributed by atoms with Gasteiger partial charge in [0.05, 0.1) is 5.88 Å². The largest absolute Gasteiger partial charge is 0.433 e. The van der Waals surface area contributed by atoms with Crippen LogP contribution in [0.4, 0.5) is 4.79 Å². The summed E-state index contributed by atoms with van der Waals surface area (Å²) in [5.74, 6) is 0.0417. The normalized spacial score (nSPS) is 12.9. The lowest BCUT2D eigenvalue weighted by atomic mass is 10.8. The highest BCUT2D eigenvalue weighted by molar-refractivity contribution is 6.61. The minimum absolute atomic E-state index is 0.0417. The summed E-state index contributed by atoms with van der Waals surface area (Å²) in [4.78, 5) is 9.81. The zero-order valence-electron chi connectivity index (χ0n) is 3.73. The van der Waals surface area contributed by atoms with Gasteiger partial charge in [-0.05, 0) is 0 Å². The van der Waals surface area contributed by atoms with E-state index in [0.717, 1.165) is 0 Å². The van der Waals surface area contributed by atoms with Crippen molar-refractivity contribution in [2.75, 3.05) is 5.88 Å². The molecule has 0 N–H and O–H groups in total. The molecule has 0 aromatic rings. The van der Waals surface area contributed by atoms with Crippen LogP contribution < -0.4 is 0 Å². The van der Waals surface area contributed by atoms with Gasteiger partial charge in [-0.1, -0.05) is 11.6 Å². The molecule has 0 fully saturated rings. The molecule has 2 nitrogen and oxygen atoms in total. The van der Waals surface area contributed by atoms with Crippen LogP contribution in [0.25, 0.3) is 0 Å². The van der Waals surface area contributed by atoms with Gasteiger partial charge in [-0.15, -0.1) is 11.6 Å². The molecule has 5 heteroatoms. The van der Waals surface area contributed by atoms with Crippen LogP contribution in [0.15, 0.2) is 0 Å². The molecule has 0 heterocycles. The Bertz CT molecular complexity index is 84.6. The van der Waals surface area contributed by atoms with E-state index in [1.807, 2.05) is 0 Å². The number of carbonyl (C=O) groups is 1. The van der Waals surface area contributed by atoms with Crippen LogP contribution in [-0.2, 0) is 4.74 Å². The van der Waals surface area contributed by atoms with Crippen molar-refractivity contribution in [2.24, 2.45) is 0 Å². The summed E-state index contributed by atoms with van der Waals surface area (Å²) >= 11 is 15.1. The van der Waals surface area contributed by atoms with E-state index in [2.05, 4.69) is 4.74 Å². The van der Waals surface area contributed by atoms with Gasteiger partial charge in [0.1, 0.15) is 0 Å². The van der Waals surface area contributed by atoms with Crippen molar-refractivity contribution in [3.63, 3.8) is 0 Å². The molecule has 0 rings (SSSR count). The second-order valence-corrected chi connectivity index (χ2v) is 2.02. The Morgan fingerprint density at radius 3 is 2.38 bits per heavy atom. The highest BCUT2D eigenvalue weighted by Crippen LogP contribution is 2.02. The molecule has 0 aliphatic rings. The first-order valence-electron chi connectivity index (χ1n) is 1.73. The fourth-order valence-electron chi connectivity index (χ4n) is 0.132. The number of rotatable bonds is 2. The van der Waals surface area contributed by atoms with E-state index < -0.39 is 11.0 Å². The van der Waals surface area contributed by atoms with E-state index in [1.54, 1.807) is 0 Å². The predicted octanol–water partition coefficient (Wildman–Crippen LogP) is 2.17. The van der Waals surface area contributed by atoms with E-state index in [4.69, 9.17) is 34.8 Å². The zero-order valence-corrected chi connectivity index (χ0v) is 6.00. The number of halogens is 3. The van der Waals surface area contributed by atoms with Crippen molar-refractivity contribution >= 4 is 40.2 Å². The molecular formula is C3H3Cl3O2. The standard InChI is InChI=1S/C3H3Cl3O2/c4-1-2(5)8-3(6)7/h2H,1H2. The molecular weight excluding hydrogens is 174 g/mol. The monoisotopic (exact) mass is 176 g/mol. The molecule has 0 bridgehead atoms. The van der Waals surface area contributed by atoms with Gasteiger partial charge in [0.2, 0.25) is 0 Å². The topological polar surface area (TPSA) is 26.3 Å². The lowest BCUT2D eigenvalue weighted by Gasteiger charge is -2.01. The number of alkyl halides is 2. The average Bonchev–Trinajstić information content (AvgIpc) is 1.65. The van der Waals surface area contributed by atoms with Crippen LogP contribution >= 0.6 is 34.8 Å². The molecule has 0 aliphatic heterocycles. The molecule has 0 aromatic heterocycles. The van der Waals surface area contributed by atoms with Gasteiger partial charge >= 0.3 is 5.43 Å². The van der Waals surface area contributed by atoms with E-state index in [-0.39, 0.29) is 5.88 Å². The molecule has 8 heavy (non-hydrogen) atoms. The van der Waals surface area contributed by atoms with Gasteiger partial charge in [0.25, 0.3) is 0 Å². The fourth-order valence-corrected chi connectivity index (χ4v) is 0.429. The van der Waals surface area contributed by atoms with E-state index in [0.29, 0.717) is 0 Å². The van der Waals surface area contributed by atoms with Crippen LogP contribution in [0.2, 0.25) is 0 Å². The van der Waals surface area contributed by atoms with Crippen LogP contribution in [0, 0.1) is 0 Å². The Labute approximate surface area is 61.7 Å². The molecule has 0 saturated heterocycles. The van der Waals surface area contributed by atoms with Crippen LogP contribution in [0.5, 0.6) is 0 Å². The maximum atomic E-state index is 9.81. The summed E-state index contributed by atoms with van der Waals surface area (Å²) in [5.41, 5.74) is -1.76. The lowest BCUT2D eigenvalue weighted by Crippen LogP contribution is -2.07. The lowest BCUT2D eigenvalue weighted by molar-refractivity contribution is 0.167. The Balaban J connectivity index is 3.24. The van der Waals surface area contributed by atoms with Gasteiger partial charge in [-0.25, -0.2) is 4.79 Å². The second-order valence-electron chi connectivity index (χ2n) is 0.920. The van der Waals surface area contributed by atoms with E-state index in [1.165, 1.54) is 0 Å². The molecule has 0 amide bonds. The molecule has 0 aromatic carbocycles. The van der Waals surface area contributed by atoms with Gasteiger partial charge < -0.3 is 4.74 Å². The fraction of sp³-hybridized carbons (Fsp3) is 0.667. The van der Waals surface area contributed by atoms with Gasteiger partial charge in [0, 0.05) is 11.6 Å². The second kappa shape index (κ2) is 4.24. The summed E-state index contributed by atoms with van der Waals surface area (Å²) in [6.45, 7) is 0. The summed E-state index contributed by atoms with van der Waals surface area (Å²) in [7, 11) is 0. The molecule has 0 radical (unpaired) electrons. The smallest absolute Gasteiger partial charge is 0.405 e. The van der Waals surface area contributed by atoms with Crippen molar-refractivity contribution in [1.29, 1.82) is 0 Å². The maximum absolute atomic E-state index is 9.81. The predicted molar refractivity (Wildman–Crippen MR) is 32.7 cm³/mol. The molecule has 48 valence electrons. The third kappa shape index (κ3) is 4.50.